The zero-order chi connectivity index (χ0) is 19.9. The van der Waals surface area contributed by atoms with Gasteiger partial charge in [-0.2, -0.15) is 0 Å². The maximum atomic E-state index is 12.4. The van der Waals surface area contributed by atoms with E-state index in [-0.39, 0.29) is 48.6 Å². The lowest BCUT2D eigenvalue weighted by atomic mass is 9.79. The van der Waals surface area contributed by atoms with E-state index in [2.05, 4.69) is 0 Å². The van der Waals surface area contributed by atoms with Crippen LogP contribution in [0.2, 0.25) is 0 Å². The molecule has 0 aromatic heterocycles. The van der Waals surface area contributed by atoms with Crippen molar-refractivity contribution in [2.24, 2.45) is 17.8 Å². The smallest absolute Gasteiger partial charge is 0.164 e. The van der Waals surface area contributed by atoms with Crippen LogP contribution in [0.25, 0.3) is 0 Å². The predicted octanol–water partition coefficient (Wildman–Crippen LogP) is 1.74. The minimum absolute atomic E-state index is 0.00809. The van der Waals surface area contributed by atoms with Crippen LogP contribution in [0.3, 0.4) is 0 Å². The highest BCUT2D eigenvalue weighted by molar-refractivity contribution is 5.90. The molecule has 27 heavy (non-hydrogen) atoms. The van der Waals surface area contributed by atoms with Gasteiger partial charge in [-0.15, -0.1) is 0 Å². The number of carbonyl (C=O) groups is 3. The first kappa shape index (κ1) is 21.9. The molecule has 0 radical (unpaired) electrons. The van der Waals surface area contributed by atoms with Gasteiger partial charge in [0.15, 0.2) is 5.78 Å². The quantitative estimate of drug-likeness (QED) is 0.471. The number of carbonyl (C=O) groups excluding carboxylic acids is 3. The van der Waals surface area contributed by atoms with E-state index in [9.17, 15) is 24.6 Å². The van der Waals surface area contributed by atoms with Crippen LogP contribution in [-0.4, -0.2) is 51.5 Å². The van der Waals surface area contributed by atoms with Crippen molar-refractivity contribution in [2.45, 2.75) is 69.8 Å². The summed E-state index contributed by atoms with van der Waals surface area (Å²) in [4.78, 5) is 36.5. The number of Topliss-reactive ketones (excluding diaryl/α,β-unsaturated/α-hetero) is 3. The molecule has 0 aliphatic heterocycles. The molecule has 0 amide bonds. The Hall–Kier alpha value is -1.37. The molecule has 1 unspecified atom stereocenters. The Morgan fingerprint density at radius 2 is 1.93 bits per heavy atom. The maximum absolute atomic E-state index is 12.4. The molecule has 0 aromatic carbocycles. The fourth-order valence-electron chi connectivity index (χ4n) is 4.69. The largest absolute Gasteiger partial charge is 0.392 e. The Kier molecular flexibility index (Phi) is 8.32. The molecule has 2 aliphatic carbocycles. The van der Waals surface area contributed by atoms with Crippen molar-refractivity contribution in [2.75, 3.05) is 13.2 Å². The van der Waals surface area contributed by atoms with Crippen LogP contribution in [-0.2, 0) is 14.4 Å². The Labute approximate surface area is 160 Å². The van der Waals surface area contributed by atoms with Gasteiger partial charge >= 0.3 is 0 Å². The molecule has 2 aliphatic rings. The number of ketones is 3. The summed E-state index contributed by atoms with van der Waals surface area (Å²) in [5.74, 6) is -1.18. The van der Waals surface area contributed by atoms with E-state index in [1.165, 1.54) is 0 Å². The first-order valence-electron chi connectivity index (χ1n) is 10.1. The van der Waals surface area contributed by atoms with Gasteiger partial charge in [-0.3, -0.25) is 14.4 Å². The van der Waals surface area contributed by atoms with Gasteiger partial charge in [0.05, 0.1) is 12.2 Å². The summed E-state index contributed by atoms with van der Waals surface area (Å²) in [6.45, 7) is -0.662. The number of hydrogen-bond donors (Lipinski definition) is 3. The second-order valence-electron chi connectivity index (χ2n) is 8.01. The molecule has 0 bridgehead atoms. The van der Waals surface area contributed by atoms with Crippen molar-refractivity contribution in [3.8, 4) is 0 Å². The van der Waals surface area contributed by atoms with Gasteiger partial charge in [0.1, 0.15) is 18.2 Å². The molecular weight excluding hydrogens is 348 g/mol. The second kappa shape index (κ2) is 10.2. The standard InChI is InChI=1S/C21H32O6/c22-12-4-5-15-8-9-19(25)17(15)13-16(24)6-3-7-18(20(26)14-23)21(27)10-1-2-11-21/h4-5,15,17-18,22-23,27H,1-3,6-14H2/t15-,17+,18?/m0/s1. The van der Waals surface area contributed by atoms with Crippen LogP contribution >= 0.6 is 0 Å². The van der Waals surface area contributed by atoms with Gasteiger partial charge < -0.3 is 15.3 Å². The summed E-state index contributed by atoms with van der Waals surface area (Å²) in [6.07, 6.45) is 8.82. The van der Waals surface area contributed by atoms with Gasteiger partial charge in [0, 0.05) is 31.1 Å². The van der Waals surface area contributed by atoms with Gasteiger partial charge in [-0.1, -0.05) is 25.0 Å². The van der Waals surface area contributed by atoms with E-state index in [0.29, 0.717) is 38.5 Å². The van der Waals surface area contributed by atoms with Gasteiger partial charge in [0.2, 0.25) is 0 Å². The minimum atomic E-state index is -1.05. The Balaban J connectivity index is 1.85. The molecule has 6 heteroatoms. The number of hydrogen-bond acceptors (Lipinski definition) is 6. The molecule has 3 N–H and O–H groups in total. The number of aliphatic hydroxyl groups excluding tert-OH is 2. The number of rotatable bonds is 11. The third-order valence-corrected chi connectivity index (χ3v) is 6.20. The molecule has 0 spiro atoms. The van der Waals surface area contributed by atoms with Crippen LogP contribution in [0, 0.1) is 17.8 Å². The van der Waals surface area contributed by atoms with Crippen molar-refractivity contribution in [1.82, 2.24) is 0 Å². The van der Waals surface area contributed by atoms with Gasteiger partial charge in [-0.05, 0) is 38.0 Å². The topological polar surface area (TPSA) is 112 Å². The first-order chi connectivity index (χ1) is 12.9. The van der Waals surface area contributed by atoms with Crippen LogP contribution in [0.15, 0.2) is 12.2 Å². The number of allylic oxidation sites excluding steroid dienone is 1. The lowest BCUT2D eigenvalue weighted by Gasteiger charge is -2.31. The average Bonchev–Trinajstić information content (AvgIpc) is 3.23. The average molecular weight is 380 g/mol. The normalized spacial score (nSPS) is 26.0. The summed E-state index contributed by atoms with van der Waals surface area (Å²) in [5.41, 5.74) is -1.05. The lowest BCUT2D eigenvalue weighted by Crippen LogP contribution is -2.41. The van der Waals surface area contributed by atoms with Crippen molar-refractivity contribution >= 4 is 17.3 Å². The lowest BCUT2D eigenvalue weighted by molar-refractivity contribution is -0.136. The number of aliphatic hydroxyl groups is 3. The molecule has 0 aromatic rings. The van der Waals surface area contributed by atoms with E-state index in [1.807, 2.05) is 6.08 Å². The molecule has 0 saturated heterocycles. The predicted molar refractivity (Wildman–Crippen MR) is 99.9 cm³/mol. The van der Waals surface area contributed by atoms with E-state index < -0.39 is 18.1 Å². The van der Waals surface area contributed by atoms with E-state index >= 15 is 0 Å². The van der Waals surface area contributed by atoms with Crippen LogP contribution in [0.1, 0.15) is 64.2 Å². The summed E-state index contributed by atoms with van der Waals surface area (Å²) >= 11 is 0. The Morgan fingerprint density at radius 3 is 2.56 bits per heavy atom. The van der Waals surface area contributed by atoms with Gasteiger partial charge in [0.25, 0.3) is 0 Å². The maximum Gasteiger partial charge on any atom is 0.164 e. The van der Waals surface area contributed by atoms with Crippen LogP contribution in [0.5, 0.6) is 0 Å². The second-order valence-corrected chi connectivity index (χ2v) is 8.01. The molecule has 2 saturated carbocycles. The zero-order valence-corrected chi connectivity index (χ0v) is 15.9. The molecule has 0 heterocycles. The van der Waals surface area contributed by atoms with E-state index in [4.69, 9.17) is 5.11 Å². The highest BCUT2D eigenvalue weighted by atomic mass is 16.3. The Bertz CT molecular complexity index is 561. The van der Waals surface area contributed by atoms with Crippen LogP contribution in [0.4, 0.5) is 0 Å². The first-order valence-corrected chi connectivity index (χ1v) is 10.1. The van der Waals surface area contributed by atoms with Crippen molar-refractivity contribution in [1.29, 1.82) is 0 Å². The molecular formula is C21H32O6. The van der Waals surface area contributed by atoms with Gasteiger partial charge in [-0.25, -0.2) is 0 Å². The summed E-state index contributed by atoms with van der Waals surface area (Å²) in [6, 6.07) is 0. The monoisotopic (exact) mass is 380 g/mol. The third-order valence-electron chi connectivity index (χ3n) is 6.20. The highest BCUT2D eigenvalue weighted by Gasteiger charge is 2.42. The molecule has 3 atom stereocenters. The van der Waals surface area contributed by atoms with E-state index in [0.717, 1.165) is 12.8 Å². The zero-order valence-electron chi connectivity index (χ0n) is 15.9. The minimum Gasteiger partial charge on any atom is -0.392 e. The summed E-state index contributed by atoms with van der Waals surface area (Å²) < 4.78 is 0. The van der Waals surface area contributed by atoms with Crippen molar-refractivity contribution < 1.29 is 29.7 Å². The van der Waals surface area contributed by atoms with Crippen molar-refractivity contribution in [3.05, 3.63) is 12.2 Å². The molecule has 2 fully saturated rings. The SMILES string of the molecule is O=C(CCCC(C(=O)CO)C1(O)CCCC1)C[C@H]1C(=O)CC[C@@H]1C=CCO. The highest BCUT2D eigenvalue weighted by Crippen LogP contribution is 2.39. The Morgan fingerprint density at radius 1 is 1.22 bits per heavy atom. The van der Waals surface area contributed by atoms with Crippen LogP contribution < -0.4 is 0 Å². The molecule has 152 valence electrons. The third kappa shape index (κ3) is 5.80. The fourth-order valence-corrected chi connectivity index (χ4v) is 4.69. The summed E-state index contributed by atoms with van der Waals surface area (Å²) in [5, 5.41) is 28.8. The molecule has 2 rings (SSSR count). The molecule has 6 nitrogen and oxygen atoms in total. The fraction of sp³-hybridized carbons (Fsp3) is 0.762. The summed E-state index contributed by atoms with van der Waals surface area (Å²) in [7, 11) is 0. The van der Waals surface area contributed by atoms with Crippen molar-refractivity contribution in [3.63, 3.8) is 0 Å². The van der Waals surface area contributed by atoms with E-state index in [1.54, 1.807) is 6.08 Å².